The minimum absolute atomic E-state index is 0.0267. The van der Waals surface area contributed by atoms with Crippen molar-refractivity contribution in [2.75, 3.05) is 10.6 Å². The number of amides is 1. The molecule has 0 bridgehead atoms. The average Bonchev–Trinajstić information content (AvgIpc) is 2.64. The third-order valence-corrected chi connectivity index (χ3v) is 3.28. The zero-order valence-corrected chi connectivity index (χ0v) is 12.9. The summed E-state index contributed by atoms with van der Waals surface area (Å²) in [5, 5.41) is 5.18. The fourth-order valence-corrected chi connectivity index (χ4v) is 2.06. The second-order valence-corrected chi connectivity index (χ2v) is 5.01. The molecule has 0 saturated heterocycles. The molecule has 0 fully saturated rings. The number of hydrogen-bond donors (Lipinski definition) is 2. The van der Waals surface area contributed by atoms with Crippen LogP contribution in [0.3, 0.4) is 0 Å². The number of halogens is 2. The quantitative estimate of drug-likeness (QED) is 0.746. The van der Waals surface area contributed by atoms with E-state index in [-0.39, 0.29) is 5.69 Å². The van der Waals surface area contributed by atoms with Crippen molar-refractivity contribution >= 4 is 17.4 Å². The molecule has 25 heavy (non-hydrogen) atoms. The molecule has 3 aromatic rings. The van der Waals surface area contributed by atoms with Crippen molar-refractivity contribution < 1.29 is 13.6 Å². The van der Waals surface area contributed by atoms with Crippen LogP contribution in [-0.2, 0) is 6.54 Å². The number of nitrogens with zero attached hydrogens (tertiary/aromatic N) is 3. The van der Waals surface area contributed by atoms with Gasteiger partial charge in [0.15, 0.2) is 0 Å². The van der Waals surface area contributed by atoms with Crippen LogP contribution >= 0.6 is 0 Å². The third kappa shape index (κ3) is 4.11. The Balaban J connectivity index is 1.71. The molecule has 126 valence electrons. The Morgan fingerprint density at radius 3 is 2.52 bits per heavy atom. The molecule has 0 saturated carbocycles. The first-order chi connectivity index (χ1) is 12.1. The first-order valence-corrected chi connectivity index (χ1v) is 7.34. The lowest BCUT2D eigenvalue weighted by molar-refractivity contribution is 0.102. The van der Waals surface area contributed by atoms with Crippen LogP contribution < -0.4 is 10.6 Å². The van der Waals surface area contributed by atoms with Crippen molar-refractivity contribution in [3.05, 3.63) is 78.0 Å². The number of rotatable bonds is 5. The maximum absolute atomic E-state index is 13.6. The van der Waals surface area contributed by atoms with Gasteiger partial charge in [-0.3, -0.25) is 9.78 Å². The van der Waals surface area contributed by atoms with Crippen LogP contribution in [0.15, 0.2) is 55.0 Å². The van der Waals surface area contributed by atoms with E-state index in [1.165, 1.54) is 18.5 Å². The van der Waals surface area contributed by atoms with Gasteiger partial charge >= 0.3 is 0 Å². The molecule has 3 rings (SSSR count). The second-order valence-electron chi connectivity index (χ2n) is 5.01. The molecule has 2 N–H and O–H groups in total. The second kappa shape index (κ2) is 7.43. The Hall–Kier alpha value is -3.42. The van der Waals surface area contributed by atoms with Gasteiger partial charge in [-0.1, -0.05) is 12.1 Å². The van der Waals surface area contributed by atoms with Gasteiger partial charge in [0.25, 0.3) is 5.91 Å². The van der Waals surface area contributed by atoms with Crippen molar-refractivity contribution in [1.82, 2.24) is 15.0 Å². The van der Waals surface area contributed by atoms with Crippen molar-refractivity contribution in [3.63, 3.8) is 0 Å². The van der Waals surface area contributed by atoms with Gasteiger partial charge in [0.1, 0.15) is 35.2 Å². The average molecular weight is 341 g/mol. The van der Waals surface area contributed by atoms with Crippen LogP contribution in [0.1, 0.15) is 16.2 Å². The Bertz CT molecular complexity index is 869. The highest BCUT2D eigenvalue weighted by atomic mass is 19.1. The van der Waals surface area contributed by atoms with Gasteiger partial charge < -0.3 is 10.6 Å². The van der Waals surface area contributed by atoms with E-state index in [0.717, 1.165) is 17.8 Å². The highest BCUT2D eigenvalue weighted by molar-refractivity contribution is 6.03. The minimum Gasteiger partial charge on any atom is -0.364 e. The molecule has 0 radical (unpaired) electrons. The smallest absolute Gasteiger partial charge is 0.274 e. The van der Waals surface area contributed by atoms with Gasteiger partial charge in [-0.15, -0.1) is 0 Å². The lowest BCUT2D eigenvalue weighted by atomic mass is 10.2. The summed E-state index contributed by atoms with van der Waals surface area (Å²) in [6, 6.07) is 10.2. The van der Waals surface area contributed by atoms with Gasteiger partial charge in [-0.05, 0) is 24.3 Å². The molecule has 1 amide bonds. The zero-order chi connectivity index (χ0) is 17.6. The number of para-hydroxylation sites is 1. The first-order valence-electron chi connectivity index (χ1n) is 7.34. The number of nitrogens with one attached hydrogen (secondary N) is 2. The van der Waals surface area contributed by atoms with Gasteiger partial charge in [-0.2, -0.15) is 0 Å². The summed E-state index contributed by atoms with van der Waals surface area (Å²) in [5.74, 6) is -2.08. The number of carbonyl (C=O) groups is 1. The molecule has 2 heterocycles. The maximum atomic E-state index is 13.6. The van der Waals surface area contributed by atoms with Crippen LogP contribution in [-0.4, -0.2) is 20.9 Å². The van der Waals surface area contributed by atoms with Crippen LogP contribution in [0.4, 0.5) is 20.3 Å². The van der Waals surface area contributed by atoms with Gasteiger partial charge in [0, 0.05) is 12.3 Å². The van der Waals surface area contributed by atoms with Crippen LogP contribution in [0.25, 0.3) is 0 Å². The van der Waals surface area contributed by atoms with E-state index in [0.29, 0.717) is 12.4 Å². The summed E-state index contributed by atoms with van der Waals surface area (Å²) in [5.41, 5.74) is 0.246. The molecule has 0 aliphatic heterocycles. The molecule has 2 aromatic heterocycles. The summed E-state index contributed by atoms with van der Waals surface area (Å²) in [6.07, 6.45) is 2.85. The molecule has 6 nitrogen and oxygen atoms in total. The molecular formula is C17H13F2N5O. The van der Waals surface area contributed by atoms with Crippen molar-refractivity contribution in [2.24, 2.45) is 0 Å². The summed E-state index contributed by atoms with van der Waals surface area (Å²) < 4.78 is 27.2. The molecule has 0 aliphatic rings. The summed E-state index contributed by atoms with van der Waals surface area (Å²) in [4.78, 5) is 24.2. The zero-order valence-electron chi connectivity index (χ0n) is 12.9. The van der Waals surface area contributed by atoms with E-state index in [1.54, 1.807) is 12.3 Å². The predicted molar refractivity (Wildman–Crippen MR) is 87.9 cm³/mol. The van der Waals surface area contributed by atoms with E-state index >= 15 is 0 Å². The van der Waals surface area contributed by atoms with E-state index in [9.17, 15) is 13.6 Å². The van der Waals surface area contributed by atoms with Gasteiger partial charge in [0.2, 0.25) is 0 Å². The number of anilines is 2. The predicted octanol–water partition coefficient (Wildman–Crippen LogP) is 3.01. The number of benzene rings is 1. The van der Waals surface area contributed by atoms with Crippen molar-refractivity contribution in [2.45, 2.75) is 6.54 Å². The molecule has 0 unspecified atom stereocenters. The van der Waals surface area contributed by atoms with Crippen molar-refractivity contribution in [3.8, 4) is 0 Å². The molecule has 0 atom stereocenters. The standard InChI is InChI=1S/C17H13F2N5O/c18-12-5-3-6-13(19)16(12)24-17(25)14-8-15(23-10-22-14)21-9-11-4-1-2-7-20-11/h1-8,10H,9H2,(H,24,25)(H,21,22,23). The van der Waals surface area contributed by atoms with E-state index in [4.69, 9.17) is 0 Å². The fourth-order valence-electron chi connectivity index (χ4n) is 2.06. The normalized spacial score (nSPS) is 10.3. The maximum Gasteiger partial charge on any atom is 0.274 e. The Labute approximate surface area is 142 Å². The lowest BCUT2D eigenvalue weighted by Gasteiger charge is -2.08. The van der Waals surface area contributed by atoms with Crippen LogP contribution in [0.5, 0.6) is 0 Å². The van der Waals surface area contributed by atoms with E-state index in [1.807, 2.05) is 12.1 Å². The number of aromatic nitrogens is 3. The summed E-state index contributed by atoms with van der Waals surface area (Å²) in [6.45, 7) is 0.404. The summed E-state index contributed by atoms with van der Waals surface area (Å²) in [7, 11) is 0. The molecule has 8 heteroatoms. The van der Waals surface area contributed by atoms with Gasteiger partial charge in [0.05, 0.1) is 12.2 Å². The Morgan fingerprint density at radius 2 is 1.80 bits per heavy atom. The Kier molecular flexibility index (Phi) is 4.89. The summed E-state index contributed by atoms with van der Waals surface area (Å²) >= 11 is 0. The van der Waals surface area contributed by atoms with Crippen LogP contribution in [0, 0.1) is 11.6 Å². The highest BCUT2D eigenvalue weighted by Crippen LogP contribution is 2.19. The Morgan fingerprint density at radius 1 is 1.00 bits per heavy atom. The number of carbonyl (C=O) groups excluding carboxylic acids is 1. The number of pyridine rings is 1. The first kappa shape index (κ1) is 16.4. The van der Waals surface area contributed by atoms with Gasteiger partial charge in [-0.25, -0.2) is 18.7 Å². The minimum atomic E-state index is -0.865. The molecule has 1 aromatic carbocycles. The molecular weight excluding hydrogens is 328 g/mol. The molecule has 0 aliphatic carbocycles. The highest BCUT2D eigenvalue weighted by Gasteiger charge is 2.15. The molecule has 0 spiro atoms. The van der Waals surface area contributed by atoms with Crippen LogP contribution in [0.2, 0.25) is 0 Å². The van der Waals surface area contributed by atoms with E-state index in [2.05, 4.69) is 25.6 Å². The number of hydrogen-bond acceptors (Lipinski definition) is 5. The fraction of sp³-hybridized carbons (Fsp3) is 0.0588. The van der Waals surface area contributed by atoms with Crippen molar-refractivity contribution in [1.29, 1.82) is 0 Å². The monoisotopic (exact) mass is 341 g/mol. The topological polar surface area (TPSA) is 79.8 Å². The van der Waals surface area contributed by atoms with E-state index < -0.39 is 23.2 Å². The third-order valence-electron chi connectivity index (χ3n) is 3.28. The lowest BCUT2D eigenvalue weighted by Crippen LogP contribution is -2.16. The largest absolute Gasteiger partial charge is 0.364 e. The SMILES string of the molecule is O=C(Nc1c(F)cccc1F)c1cc(NCc2ccccn2)ncn1.